The minimum atomic E-state index is -0.961. The molecule has 0 atom stereocenters. The predicted molar refractivity (Wildman–Crippen MR) is 155 cm³/mol. The first-order valence-electron chi connectivity index (χ1n) is 13.9. The van der Waals surface area contributed by atoms with Gasteiger partial charge in [0.25, 0.3) is 5.91 Å². The zero-order valence-corrected chi connectivity index (χ0v) is 23.4. The molecular formula is C31H39N5O4. The molecule has 0 aliphatic heterocycles. The van der Waals surface area contributed by atoms with Gasteiger partial charge in [0.15, 0.2) is 0 Å². The Kier molecular flexibility index (Phi) is 9.24. The van der Waals surface area contributed by atoms with Crippen LogP contribution in [0.2, 0.25) is 0 Å². The Balaban J connectivity index is 1.46. The van der Waals surface area contributed by atoms with E-state index < -0.39 is 5.97 Å². The van der Waals surface area contributed by atoms with Crippen LogP contribution in [0.4, 0.5) is 10.6 Å². The van der Waals surface area contributed by atoms with Gasteiger partial charge in [0.2, 0.25) is 0 Å². The lowest BCUT2D eigenvalue weighted by molar-refractivity contribution is -0.136. The van der Waals surface area contributed by atoms with Gasteiger partial charge in [-0.05, 0) is 54.7 Å². The summed E-state index contributed by atoms with van der Waals surface area (Å²) < 4.78 is 0. The van der Waals surface area contributed by atoms with Gasteiger partial charge in [0.1, 0.15) is 5.82 Å². The largest absolute Gasteiger partial charge is 0.481 e. The number of carbonyl (C=O) groups excluding carboxylic acids is 2. The van der Waals surface area contributed by atoms with Crippen molar-refractivity contribution in [3.05, 3.63) is 71.8 Å². The molecule has 40 heavy (non-hydrogen) atoms. The molecule has 1 aliphatic carbocycles. The fraction of sp³-hybridized carbons (Fsp3) is 0.419. The zero-order valence-electron chi connectivity index (χ0n) is 23.4. The van der Waals surface area contributed by atoms with Crippen molar-refractivity contribution in [1.29, 1.82) is 0 Å². The zero-order chi connectivity index (χ0) is 28.7. The number of aromatic nitrogens is 2. The minimum Gasteiger partial charge on any atom is -0.481 e. The van der Waals surface area contributed by atoms with E-state index in [1.54, 1.807) is 12.1 Å². The first kappa shape index (κ1) is 28.9. The molecular weight excluding hydrogens is 506 g/mol. The molecule has 1 fully saturated rings. The number of H-pyrrole nitrogens is 1. The summed E-state index contributed by atoms with van der Waals surface area (Å²) in [5.74, 6) is -0.132. The van der Waals surface area contributed by atoms with Gasteiger partial charge in [0, 0.05) is 36.3 Å². The van der Waals surface area contributed by atoms with Gasteiger partial charge in [0.05, 0.1) is 12.1 Å². The van der Waals surface area contributed by atoms with Gasteiger partial charge in [-0.2, -0.15) is 5.10 Å². The van der Waals surface area contributed by atoms with Gasteiger partial charge >= 0.3 is 12.0 Å². The number of aromatic amines is 1. The van der Waals surface area contributed by atoms with Crippen molar-refractivity contribution in [3.63, 3.8) is 0 Å². The van der Waals surface area contributed by atoms with Crippen molar-refractivity contribution < 1.29 is 19.5 Å². The van der Waals surface area contributed by atoms with Crippen LogP contribution >= 0.6 is 0 Å². The van der Waals surface area contributed by atoms with Crippen LogP contribution < -0.4 is 10.6 Å². The van der Waals surface area contributed by atoms with Crippen molar-refractivity contribution in [1.82, 2.24) is 20.4 Å². The van der Waals surface area contributed by atoms with Crippen LogP contribution in [-0.2, 0) is 11.3 Å². The fourth-order valence-electron chi connectivity index (χ4n) is 5.29. The second-order valence-corrected chi connectivity index (χ2v) is 11.6. The molecule has 1 aromatic heterocycles. The number of rotatable bonds is 9. The van der Waals surface area contributed by atoms with Crippen molar-refractivity contribution in [3.8, 4) is 11.3 Å². The van der Waals surface area contributed by atoms with Gasteiger partial charge < -0.3 is 15.3 Å². The molecule has 0 bridgehead atoms. The van der Waals surface area contributed by atoms with Crippen LogP contribution in [-0.4, -0.2) is 50.7 Å². The molecule has 4 N–H and O–H groups in total. The second-order valence-electron chi connectivity index (χ2n) is 11.6. The summed E-state index contributed by atoms with van der Waals surface area (Å²) in [5, 5.41) is 21.7. The highest BCUT2D eigenvalue weighted by Gasteiger charge is 2.34. The molecule has 3 aromatic rings. The third kappa shape index (κ3) is 7.71. The van der Waals surface area contributed by atoms with E-state index in [0.29, 0.717) is 23.8 Å². The molecule has 9 heteroatoms. The number of nitrogens with one attached hydrogen (secondary N) is 3. The molecule has 9 nitrogen and oxygen atoms in total. The van der Waals surface area contributed by atoms with Crippen LogP contribution in [0.3, 0.4) is 0 Å². The highest BCUT2D eigenvalue weighted by Crippen LogP contribution is 2.39. The van der Waals surface area contributed by atoms with Crippen LogP contribution in [0.25, 0.3) is 11.3 Å². The normalized spacial score (nSPS) is 17.2. The van der Waals surface area contributed by atoms with Gasteiger partial charge in [-0.3, -0.25) is 20.0 Å². The number of carboxylic acids is 1. The SMILES string of the molecule is CC(C)(C)[C@H]1CC[C@H](N(Cc2ccc(C(=O)NCCC(=O)O)cc2)C(=O)Nc2cc(-c3ccccc3)n[nH]2)CC1. The number of amides is 3. The lowest BCUT2D eigenvalue weighted by Gasteiger charge is -2.41. The lowest BCUT2D eigenvalue weighted by atomic mass is 9.71. The summed E-state index contributed by atoms with van der Waals surface area (Å²) in [5.41, 5.74) is 3.31. The summed E-state index contributed by atoms with van der Waals surface area (Å²) in [7, 11) is 0. The monoisotopic (exact) mass is 545 g/mol. The average Bonchev–Trinajstić information content (AvgIpc) is 3.40. The Hall–Kier alpha value is -4.14. The molecule has 4 rings (SSSR count). The highest BCUT2D eigenvalue weighted by atomic mass is 16.4. The number of aliphatic carboxylic acids is 1. The summed E-state index contributed by atoms with van der Waals surface area (Å²) in [4.78, 5) is 38.6. The number of nitrogens with zero attached hydrogens (tertiary/aromatic N) is 2. The molecule has 1 saturated carbocycles. The molecule has 1 heterocycles. The number of hydrogen-bond donors (Lipinski definition) is 4. The van der Waals surface area contributed by atoms with E-state index in [1.807, 2.05) is 53.4 Å². The van der Waals surface area contributed by atoms with E-state index in [2.05, 4.69) is 41.6 Å². The Bertz CT molecular complexity index is 1290. The second kappa shape index (κ2) is 12.8. The van der Waals surface area contributed by atoms with E-state index in [1.165, 1.54) is 0 Å². The number of anilines is 1. The quantitative estimate of drug-likeness (QED) is 0.265. The fourth-order valence-corrected chi connectivity index (χ4v) is 5.29. The van der Waals surface area contributed by atoms with E-state index >= 15 is 0 Å². The van der Waals surface area contributed by atoms with Crippen molar-refractivity contribution >= 4 is 23.7 Å². The van der Waals surface area contributed by atoms with Crippen LogP contribution in [0.5, 0.6) is 0 Å². The van der Waals surface area contributed by atoms with Crippen LogP contribution in [0.1, 0.15) is 68.8 Å². The Morgan fingerprint density at radius 3 is 2.30 bits per heavy atom. The van der Waals surface area contributed by atoms with E-state index in [-0.39, 0.29) is 36.4 Å². The number of hydrogen-bond acceptors (Lipinski definition) is 4. The maximum Gasteiger partial charge on any atom is 0.323 e. The minimum absolute atomic E-state index is 0.0701. The lowest BCUT2D eigenvalue weighted by Crippen LogP contribution is -2.45. The Labute approximate surface area is 235 Å². The van der Waals surface area contributed by atoms with E-state index in [0.717, 1.165) is 42.5 Å². The van der Waals surface area contributed by atoms with Crippen LogP contribution in [0.15, 0.2) is 60.7 Å². The summed E-state index contributed by atoms with van der Waals surface area (Å²) in [6, 6.07) is 18.6. The number of urea groups is 1. The molecule has 3 amide bonds. The molecule has 0 radical (unpaired) electrons. The first-order valence-corrected chi connectivity index (χ1v) is 13.9. The van der Waals surface area contributed by atoms with Gasteiger partial charge in [-0.25, -0.2) is 4.79 Å². The smallest absolute Gasteiger partial charge is 0.323 e. The molecule has 1 aliphatic rings. The van der Waals surface area contributed by atoms with Crippen molar-refractivity contribution in [2.24, 2.45) is 11.3 Å². The van der Waals surface area contributed by atoms with Crippen molar-refractivity contribution in [2.75, 3.05) is 11.9 Å². The number of carbonyl (C=O) groups is 3. The summed E-state index contributed by atoms with van der Waals surface area (Å²) >= 11 is 0. The predicted octanol–water partition coefficient (Wildman–Crippen LogP) is 5.92. The number of benzene rings is 2. The third-order valence-corrected chi connectivity index (χ3v) is 7.71. The maximum absolute atomic E-state index is 13.6. The Morgan fingerprint density at radius 1 is 1.00 bits per heavy atom. The number of carboxylic acid groups (broad SMARTS) is 1. The molecule has 0 unspecified atom stereocenters. The van der Waals surface area contributed by atoms with Gasteiger partial charge in [-0.1, -0.05) is 63.2 Å². The summed E-state index contributed by atoms with van der Waals surface area (Å²) in [6.07, 6.45) is 3.86. The van der Waals surface area contributed by atoms with Gasteiger partial charge in [-0.15, -0.1) is 0 Å². The molecule has 0 saturated heterocycles. The van der Waals surface area contributed by atoms with Crippen LogP contribution in [0, 0.1) is 11.3 Å². The maximum atomic E-state index is 13.6. The highest BCUT2D eigenvalue weighted by molar-refractivity contribution is 5.94. The van der Waals surface area contributed by atoms with Crippen molar-refractivity contribution in [2.45, 2.75) is 65.5 Å². The van der Waals surface area contributed by atoms with E-state index in [9.17, 15) is 14.4 Å². The molecule has 0 spiro atoms. The third-order valence-electron chi connectivity index (χ3n) is 7.71. The molecule has 212 valence electrons. The molecule has 2 aromatic carbocycles. The first-order chi connectivity index (χ1) is 19.1. The average molecular weight is 546 g/mol. The Morgan fingerprint density at radius 2 is 1.68 bits per heavy atom. The van der Waals surface area contributed by atoms with E-state index in [4.69, 9.17) is 5.11 Å². The summed E-state index contributed by atoms with van der Waals surface area (Å²) in [6.45, 7) is 7.32. The topological polar surface area (TPSA) is 127 Å². The standard InChI is InChI=1S/C31H39N5O4/c1-31(2,3)24-13-15-25(16-14-24)36(20-21-9-11-23(12-10-21)29(39)32-18-17-28(37)38)30(40)33-27-19-26(34-35-27)22-7-5-4-6-8-22/h4-12,19,24-25H,13-18,20H2,1-3H3,(H,32,39)(H,37,38)(H2,33,34,35,40)/t24-,25-.